The van der Waals surface area contributed by atoms with Crippen LogP contribution in [0.5, 0.6) is 0 Å². The number of nitrogens with zero attached hydrogens (tertiary/aromatic N) is 1. The van der Waals surface area contributed by atoms with Crippen LogP contribution in [0.3, 0.4) is 0 Å². The minimum Gasteiger partial charge on any atom is -0.444 e. The van der Waals surface area contributed by atoms with Gasteiger partial charge in [-0.15, -0.1) is 12.4 Å². The van der Waals surface area contributed by atoms with Crippen LogP contribution in [0.15, 0.2) is 10.6 Å². The molecule has 2 unspecified atom stereocenters. The Labute approximate surface area is 107 Å². The predicted octanol–water partition coefficient (Wildman–Crippen LogP) is 1.33. The highest BCUT2D eigenvalue weighted by Crippen LogP contribution is 2.13. The highest BCUT2D eigenvalue weighted by Gasteiger charge is 2.24. The summed E-state index contributed by atoms with van der Waals surface area (Å²) in [6.07, 6.45) is 3.62. The van der Waals surface area contributed by atoms with Gasteiger partial charge in [0, 0.05) is 0 Å². The van der Waals surface area contributed by atoms with E-state index in [1.165, 1.54) is 0 Å². The first-order valence-corrected chi connectivity index (χ1v) is 5.63. The molecule has 2 heterocycles. The smallest absolute Gasteiger partial charge is 0.237 e. The number of rotatable bonds is 3. The zero-order valence-corrected chi connectivity index (χ0v) is 10.8. The van der Waals surface area contributed by atoms with Gasteiger partial charge in [-0.2, -0.15) is 0 Å². The Bertz CT molecular complexity index is 375. The Morgan fingerprint density at radius 2 is 2.47 bits per heavy atom. The van der Waals surface area contributed by atoms with E-state index in [4.69, 9.17) is 4.42 Å². The van der Waals surface area contributed by atoms with Crippen LogP contribution < -0.4 is 10.6 Å². The summed E-state index contributed by atoms with van der Waals surface area (Å²) in [6, 6.07) is -0.234. The van der Waals surface area contributed by atoms with Crippen molar-refractivity contribution in [2.75, 3.05) is 6.54 Å². The topological polar surface area (TPSA) is 67.2 Å². The van der Waals surface area contributed by atoms with Crippen molar-refractivity contribution in [2.45, 2.75) is 38.8 Å². The quantitative estimate of drug-likeness (QED) is 0.860. The lowest BCUT2D eigenvalue weighted by Crippen LogP contribution is -2.41. The number of nitrogens with one attached hydrogen (secondary N) is 2. The van der Waals surface area contributed by atoms with Gasteiger partial charge in [-0.25, -0.2) is 4.98 Å². The Hall–Kier alpha value is -1.07. The molecule has 5 nitrogen and oxygen atoms in total. The van der Waals surface area contributed by atoms with Gasteiger partial charge in [0.15, 0.2) is 0 Å². The second kappa shape index (κ2) is 6.02. The lowest BCUT2D eigenvalue weighted by molar-refractivity contribution is -0.123. The molecule has 0 bridgehead atoms. The highest BCUT2D eigenvalue weighted by atomic mass is 35.5. The Kier molecular flexibility index (Phi) is 4.96. The molecule has 0 radical (unpaired) electrons. The summed E-state index contributed by atoms with van der Waals surface area (Å²) in [4.78, 5) is 15.9. The SMILES string of the molecule is Cc1cnc(C(C)NC(=O)C2CCCN2)o1.Cl. The van der Waals surface area contributed by atoms with Crippen molar-refractivity contribution in [1.29, 1.82) is 0 Å². The standard InChI is InChI=1S/C11H17N3O2.ClH/c1-7-6-13-11(16-7)8(2)14-10(15)9-4-3-5-12-9;/h6,8-9,12H,3-5H2,1-2H3,(H,14,15);1H. The normalized spacial score (nSPS) is 20.7. The van der Waals surface area contributed by atoms with Crippen molar-refractivity contribution in [2.24, 2.45) is 0 Å². The number of aryl methyl sites for hydroxylation is 1. The number of hydrogen-bond donors (Lipinski definition) is 2. The van der Waals surface area contributed by atoms with Crippen molar-refractivity contribution in [3.8, 4) is 0 Å². The fourth-order valence-corrected chi connectivity index (χ4v) is 1.86. The van der Waals surface area contributed by atoms with E-state index < -0.39 is 0 Å². The first-order chi connectivity index (χ1) is 7.66. The molecular weight excluding hydrogens is 242 g/mol. The molecule has 96 valence electrons. The van der Waals surface area contributed by atoms with Gasteiger partial charge < -0.3 is 15.1 Å². The molecule has 1 saturated heterocycles. The summed E-state index contributed by atoms with van der Waals surface area (Å²) >= 11 is 0. The van der Waals surface area contributed by atoms with Crippen LogP contribution in [0.2, 0.25) is 0 Å². The maximum atomic E-state index is 11.8. The van der Waals surface area contributed by atoms with Crippen molar-refractivity contribution >= 4 is 18.3 Å². The molecule has 1 aliphatic rings. The lowest BCUT2D eigenvalue weighted by Gasteiger charge is -2.14. The van der Waals surface area contributed by atoms with Crippen molar-refractivity contribution in [3.63, 3.8) is 0 Å². The number of carbonyl (C=O) groups excluding carboxylic acids is 1. The minimum absolute atomic E-state index is 0. The van der Waals surface area contributed by atoms with Gasteiger partial charge in [0.2, 0.25) is 11.8 Å². The third kappa shape index (κ3) is 3.44. The third-order valence-corrected chi connectivity index (χ3v) is 2.75. The van der Waals surface area contributed by atoms with Gasteiger partial charge in [-0.1, -0.05) is 0 Å². The van der Waals surface area contributed by atoms with Crippen LogP contribution in [0, 0.1) is 6.92 Å². The Balaban J connectivity index is 0.00000144. The first kappa shape index (κ1) is 14.0. The minimum atomic E-state index is -0.177. The number of oxazole rings is 1. The molecule has 2 N–H and O–H groups in total. The average Bonchev–Trinajstić information content (AvgIpc) is 2.87. The summed E-state index contributed by atoms with van der Waals surface area (Å²) < 4.78 is 5.36. The third-order valence-electron chi connectivity index (χ3n) is 2.75. The number of halogens is 1. The predicted molar refractivity (Wildman–Crippen MR) is 66.1 cm³/mol. The monoisotopic (exact) mass is 259 g/mol. The summed E-state index contributed by atoms with van der Waals surface area (Å²) in [5, 5.41) is 6.05. The summed E-state index contributed by atoms with van der Waals surface area (Å²) in [7, 11) is 0. The lowest BCUT2D eigenvalue weighted by atomic mass is 10.2. The van der Waals surface area contributed by atoms with E-state index in [2.05, 4.69) is 15.6 Å². The first-order valence-electron chi connectivity index (χ1n) is 5.63. The van der Waals surface area contributed by atoms with Crippen molar-refractivity contribution in [1.82, 2.24) is 15.6 Å². The number of aromatic nitrogens is 1. The molecule has 0 saturated carbocycles. The van der Waals surface area contributed by atoms with E-state index in [9.17, 15) is 4.79 Å². The molecule has 2 atom stereocenters. The number of hydrogen-bond acceptors (Lipinski definition) is 4. The zero-order chi connectivity index (χ0) is 11.5. The van der Waals surface area contributed by atoms with Gasteiger partial charge in [0.25, 0.3) is 0 Å². The molecule has 1 fully saturated rings. The van der Waals surface area contributed by atoms with Gasteiger partial charge in [-0.3, -0.25) is 4.79 Å². The maximum absolute atomic E-state index is 11.8. The molecule has 17 heavy (non-hydrogen) atoms. The Morgan fingerprint density at radius 3 is 3.00 bits per heavy atom. The fourth-order valence-electron chi connectivity index (χ4n) is 1.86. The second-order valence-corrected chi connectivity index (χ2v) is 4.19. The van der Waals surface area contributed by atoms with E-state index in [0.29, 0.717) is 5.89 Å². The molecule has 2 rings (SSSR count). The van der Waals surface area contributed by atoms with Crippen LogP contribution >= 0.6 is 12.4 Å². The van der Waals surface area contributed by atoms with Gasteiger partial charge in [0.05, 0.1) is 12.2 Å². The molecule has 0 spiro atoms. The molecule has 1 amide bonds. The van der Waals surface area contributed by atoms with Crippen molar-refractivity contribution in [3.05, 3.63) is 17.8 Å². The average molecular weight is 260 g/mol. The summed E-state index contributed by atoms with van der Waals surface area (Å²) in [5.74, 6) is 1.35. The van der Waals surface area contributed by atoms with E-state index in [-0.39, 0.29) is 30.4 Å². The number of amides is 1. The van der Waals surface area contributed by atoms with Crippen molar-refractivity contribution < 1.29 is 9.21 Å². The fraction of sp³-hybridized carbons (Fsp3) is 0.636. The molecule has 6 heteroatoms. The van der Waals surface area contributed by atoms with Crippen LogP contribution in [-0.2, 0) is 4.79 Å². The summed E-state index contributed by atoms with van der Waals surface area (Å²) in [6.45, 7) is 4.63. The van der Waals surface area contributed by atoms with Gasteiger partial charge in [0.1, 0.15) is 11.8 Å². The van der Waals surface area contributed by atoms with Gasteiger partial charge in [-0.05, 0) is 33.2 Å². The van der Waals surface area contributed by atoms with Crippen LogP contribution in [0.1, 0.15) is 37.5 Å². The van der Waals surface area contributed by atoms with E-state index in [1.807, 2.05) is 13.8 Å². The molecular formula is C11H18ClN3O2. The van der Waals surface area contributed by atoms with Crippen LogP contribution in [0.25, 0.3) is 0 Å². The Morgan fingerprint density at radius 1 is 1.71 bits per heavy atom. The molecule has 1 aromatic rings. The zero-order valence-electron chi connectivity index (χ0n) is 10.0. The largest absolute Gasteiger partial charge is 0.444 e. The second-order valence-electron chi connectivity index (χ2n) is 4.19. The highest BCUT2D eigenvalue weighted by molar-refractivity contribution is 5.85. The van der Waals surface area contributed by atoms with Crippen LogP contribution in [-0.4, -0.2) is 23.5 Å². The van der Waals surface area contributed by atoms with Gasteiger partial charge >= 0.3 is 0 Å². The summed E-state index contributed by atoms with van der Waals surface area (Å²) in [5.41, 5.74) is 0. The van der Waals surface area contributed by atoms with Crippen LogP contribution in [0.4, 0.5) is 0 Å². The van der Waals surface area contributed by atoms with E-state index >= 15 is 0 Å². The van der Waals surface area contributed by atoms with E-state index in [0.717, 1.165) is 25.1 Å². The maximum Gasteiger partial charge on any atom is 0.237 e. The number of carbonyl (C=O) groups is 1. The molecule has 1 aliphatic heterocycles. The molecule has 0 aliphatic carbocycles. The van der Waals surface area contributed by atoms with E-state index in [1.54, 1.807) is 6.20 Å². The molecule has 1 aromatic heterocycles. The molecule has 0 aromatic carbocycles.